The zero-order valence-corrected chi connectivity index (χ0v) is 15.8. The standard InChI is InChI=1S/C19H19ClF3N3O2/c20-16-7-13(18-14(8-16)11-27-12-28-18)10-25-3-5-26(6-4-25)17-2-1-15(9-24-17)19(21,22)23/h1-2,7-9H,3-6,10-12H2. The maximum absolute atomic E-state index is 12.7. The quantitative estimate of drug-likeness (QED) is 0.762. The van der Waals surface area contributed by atoms with E-state index in [0.29, 0.717) is 37.1 Å². The van der Waals surface area contributed by atoms with E-state index in [-0.39, 0.29) is 6.79 Å². The zero-order chi connectivity index (χ0) is 19.7. The molecule has 3 heterocycles. The Hall–Kier alpha value is -2.03. The van der Waals surface area contributed by atoms with Gasteiger partial charge < -0.3 is 14.4 Å². The van der Waals surface area contributed by atoms with Crippen LogP contribution in [0.3, 0.4) is 0 Å². The van der Waals surface area contributed by atoms with Gasteiger partial charge in [-0.05, 0) is 24.3 Å². The van der Waals surface area contributed by atoms with Crippen molar-refractivity contribution >= 4 is 17.4 Å². The normalized spacial score (nSPS) is 17.9. The van der Waals surface area contributed by atoms with Crippen molar-refractivity contribution in [1.29, 1.82) is 0 Å². The van der Waals surface area contributed by atoms with E-state index < -0.39 is 11.7 Å². The number of alkyl halides is 3. The highest BCUT2D eigenvalue weighted by atomic mass is 35.5. The molecule has 0 atom stereocenters. The first-order valence-electron chi connectivity index (χ1n) is 8.92. The highest BCUT2D eigenvalue weighted by molar-refractivity contribution is 6.30. The molecule has 0 unspecified atom stereocenters. The lowest BCUT2D eigenvalue weighted by Gasteiger charge is -2.36. The van der Waals surface area contributed by atoms with Crippen molar-refractivity contribution in [2.24, 2.45) is 0 Å². The molecule has 28 heavy (non-hydrogen) atoms. The van der Waals surface area contributed by atoms with Crippen molar-refractivity contribution in [3.8, 4) is 5.75 Å². The maximum atomic E-state index is 12.7. The van der Waals surface area contributed by atoms with Crippen LogP contribution in [0.2, 0.25) is 5.02 Å². The number of ether oxygens (including phenoxy) is 2. The lowest BCUT2D eigenvalue weighted by molar-refractivity contribution is -0.137. The predicted octanol–water partition coefficient (Wildman–Crippen LogP) is 3.94. The topological polar surface area (TPSA) is 37.8 Å². The number of aromatic nitrogens is 1. The van der Waals surface area contributed by atoms with E-state index in [1.165, 1.54) is 6.07 Å². The highest BCUT2D eigenvalue weighted by Crippen LogP contribution is 2.33. The molecular weight excluding hydrogens is 395 g/mol. The molecule has 1 aromatic carbocycles. The lowest BCUT2D eigenvalue weighted by atomic mass is 10.1. The van der Waals surface area contributed by atoms with Crippen molar-refractivity contribution in [3.63, 3.8) is 0 Å². The number of hydrogen-bond acceptors (Lipinski definition) is 5. The fraction of sp³-hybridized carbons (Fsp3) is 0.421. The second-order valence-corrected chi connectivity index (χ2v) is 7.27. The van der Waals surface area contributed by atoms with Gasteiger partial charge in [0.15, 0.2) is 6.79 Å². The minimum absolute atomic E-state index is 0.231. The van der Waals surface area contributed by atoms with Crippen molar-refractivity contribution in [1.82, 2.24) is 9.88 Å². The van der Waals surface area contributed by atoms with Gasteiger partial charge >= 0.3 is 6.18 Å². The van der Waals surface area contributed by atoms with Crippen LogP contribution in [0.1, 0.15) is 16.7 Å². The van der Waals surface area contributed by atoms with Crippen molar-refractivity contribution in [2.45, 2.75) is 19.3 Å². The van der Waals surface area contributed by atoms with Crippen LogP contribution in [0.15, 0.2) is 30.5 Å². The Morgan fingerprint density at radius 1 is 1.11 bits per heavy atom. The molecule has 9 heteroatoms. The summed E-state index contributed by atoms with van der Waals surface area (Å²) in [7, 11) is 0. The van der Waals surface area contributed by atoms with E-state index in [1.54, 1.807) is 0 Å². The van der Waals surface area contributed by atoms with Gasteiger partial charge in [0.2, 0.25) is 0 Å². The number of anilines is 1. The molecule has 0 aliphatic carbocycles. The second kappa shape index (κ2) is 7.77. The number of pyridine rings is 1. The van der Waals surface area contributed by atoms with Crippen LogP contribution in [0, 0.1) is 0 Å². The first-order valence-corrected chi connectivity index (χ1v) is 9.30. The monoisotopic (exact) mass is 413 g/mol. The molecule has 2 aliphatic heterocycles. The summed E-state index contributed by atoms with van der Waals surface area (Å²) in [5.74, 6) is 1.40. The average Bonchev–Trinajstić information content (AvgIpc) is 2.68. The maximum Gasteiger partial charge on any atom is 0.417 e. The summed E-state index contributed by atoms with van der Waals surface area (Å²) < 4.78 is 49.0. The molecule has 1 saturated heterocycles. The third kappa shape index (κ3) is 4.19. The fourth-order valence-electron chi connectivity index (χ4n) is 3.49. The Morgan fingerprint density at radius 2 is 1.89 bits per heavy atom. The summed E-state index contributed by atoms with van der Waals surface area (Å²) in [4.78, 5) is 8.25. The first-order chi connectivity index (χ1) is 13.4. The number of hydrogen-bond donors (Lipinski definition) is 0. The molecule has 150 valence electrons. The van der Waals surface area contributed by atoms with Crippen LogP contribution >= 0.6 is 11.6 Å². The van der Waals surface area contributed by atoms with Crippen LogP contribution in [-0.2, 0) is 24.1 Å². The van der Waals surface area contributed by atoms with Gasteiger partial charge in [-0.25, -0.2) is 4.98 Å². The van der Waals surface area contributed by atoms with Crippen LogP contribution in [0.4, 0.5) is 19.0 Å². The largest absolute Gasteiger partial charge is 0.467 e. The van der Waals surface area contributed by atoms with Crippen LogP contribution in [-0.4, -0.2) is 42.9 Å². The van der Waals surface area contributed by atoms with Gasteiger partial charge in [-0.3, -0.25) is 4.90 Å². The molecule has 0 bridgehead atoms. The number of rotatable bonds is 3. The van der Waals surface area contributed by atoms with Gasteiger partial charge in [-0.2, -0.15) is 13.2 Å². The van der Waals surface area contributed by atoms with Gasteiger partial charge in [0.05, 0.1) is 12.2 Å². The van der Waals surface area contributed by atoms with Gasteiger partial charge in [-0.1, -0.05) is 11.6 Å². The van der Waals surface area contributed by atoms with E-state index in [4.69, 9.17) is 21.1 Å². The number of benzene rings is 1. The van der Waals surface area contributed by atoms with E-state index in [0.717, 1.165) is 42.2 Å². The molecule has 0 amide bonds. The lowest BCUT2D eigenvalue weighted by Crippen LogP contribution is -2.46. The Balaban J connectivity index is 1.39. The van der Waals surface area contributed by atoms with E-state index in [9.17, 15) is 13.2 Å². The SMILES string of the molecule is FC(F)(F)c1ccc(N2CCN(Cc3cc(Cl)cc4c3OCOC4)CC2)nc1. The van der Waals surface area contributed by atoms with Crippen LogP contribution in [0.25, 0.3) is 0 Å². The predicted molar refractivity (Wildman–Crippen MR) is 98.5 cm³/mol. The van der Waals surface area contributed by atoms with Crippen LogP contribution < -0.4 is 9.64 Å². The number of fused-ring (bicyclic) bond motifs is 1. The Bertz CT molecular complexity index is 838. The summed E-state index contributed by atoms with van der Waals surface area (Å²) >= 11 is 6.22. The van der Waals surface area contributed by atoms with Crippen molar-refractivity contribution in [2.75, 3.05) is 37.9 Å². The third-order valence-electron chi connectivity index (χ3n) is 4.92. The summed E-state index contributed by atoms with van der Waals surface area (Å²) in [5, 5.41) is 0.649. The molecule has 2 aromatic rings. The molecule has 0 N–H and O–H groups in total. The van der Waals surface area contributed by atoms with E-state index in [1.807, 2.05) is 17.0 Å². The fourth-order valence-corrected chi connectivity index (χ4v) is 3.75. The minimum Gasteiger partial charge on any atom is -0.467 e. The zero-order valence-electron chi connectivity index (χ0n) is 15.0. The average molecular weight is 414 g/mol. The molecule has 1 fully saturated rings. The van der Waals surface area contributed by atoms with Crippen molar-refractivity contribution in [3.05, 3.63) is 52.2 Å². The number of piperazine rings is 1. The molecule has 4 rings (SSSR count). The molecule has 0 radical (unpaired) electrons. The molecule has 1 aromatic heterocycles. The summed E-state index contributed by atoms with van der Waals surface area (Å²) in [6.07, 6.45) is -3.48. The molecular formula is C19H19ClF3N3O2. The van der Waals surface area contributed by atoms with E-state index in [2.05, 4.69) is 9.88 Å². The van der Waals surface area contributed by atoms with Gasteiger partial charge in [0.1, 0.15) is 11.6 Å². The first kappa shape index (κ1) is 19.3. The van der Waals surface area contributed by atoms with E-state index >= 15 is 0 Å². The second-order valence-electron chi connectivity index (χ2n) is 6.83. The molecule has 0 saturated carbocycles. The van der Waals surface area contributed by atoms with Gasteiger partial charge in [0.25, 0.3) is 0 Å². The molecule has 2 aliphatic rings. The number of nitrogens with zero attached hydrogens (tertiary/aromatic N) is 3. The van der Waals surface area contributed by atoms with Crippen molar-refractivity contribution < 1.29 is 22.6 Å². The van der Waals surface area contributed by atoms with Gasteiger partial charge in [-0.15, -0.1) is 0 Å². The Kier molecular flexibility index (Phi) is 5.35. The molecule has 0 spiro atoms. The van der Waals surface area contributed by atoms with Crippen LogP contribution in [0.5, 0.6) is 5.75 Å². The Labute approximate surface area is 165 Å². The number of halogens is 4. The molecule has 5 nitrogen and oxygen atoms in total. The minimum atomic E-state index is -4.37. The smallest absolute Gasteiger partial charge is 0.417 e. The summed E-state index contributed by atoms with van der Waals surface area (Å²) in [6.45, 7) is 4.31. The van der Waals surface area contributed by atoms with Gasteiger partial charge in [0, 0.05) is 55.1 Å². The Morgan fingerprint density at radius 3 is 2.57 bits per heavy atom. The highest BCUT2D eigenvalue weighted by Gasteiger charge is 2.31. The summed E-state index contributed by atoms with van der Waals surface area (Å²) in [6, 6.07) is 6.27. The third-order valence-corrected chi connectivity index (χ3v) is 5.14. The summed E-state index contributed by atoms with van der Waals surface area (Å²) in [5.41, 5.74) is 1.23.